The minimum absolute atomic E-state index is 0.194. The molecule has 4 rings (SSSR count). The molecule has 0 saturated carbocycles. The Bertz CT molecular complexity index is 1320. The molecule has 7 nitrogen and oxygen atoms in total. The van der Waals surface area contributed by atoms with Crippen molar-refractivity contribution in [2.24, 2.45) is 0 Å². The third kappa shape index (κ3) is 5.80. The average molecular weight is 509 g/mol. The van der Waals surface area contributed by atoms with Crippen molar-refractivity contribution in [3.8, 4) is 0 Å². The Morgan fingerprint density at radius 1 is 1.17 bits per heavy atom. The maximum Gasteiger partial charge on any atom is 0.267 e. The van der Waals surface area contributed by atoms with Crippen molar-refractivity contribution in [3.05, 3.63) is 80.6 Å². The van der Waals surface area contributed by atoms with Gasteiger partial charge in [0.05, 0.1) is 10.5 Å². The fourth-order valence-electron chi connectivity index (χ4n) is 3.84. The highest BCUT2D eigenvalue weighted by Crippen LogP contribution is 2.33. The van der Waals surface area contributed by atoms with Gasteiger partial charge in [0.2, 0.25) is 0 Å². The van der Waals surface area contributed by atoms with Crippen LogP contribution in [0.2, 0.25) is 0 Å². The molecule has 9 heteroatoms. The molecule has 0 radical (unpaired) electrons. The first-order chi connectivity index (χ1) is 17.0. The van der Waals surface area contributed by atoms with Crippen LogP contribution in [0, 0.1) is 6.92 Å². The zero-order valence-corrected chi connectivity index (χ0v) is 21.5. The summed E-state index contributed by atoms with van der Waals surface area (Å²) in [4.78, 5) is 33.3. The summed E-state index contributed by atoms with van der Waals surface area (Å²) in [5.74, 6) is 0.266. The van der Waals surface area contributed by atoms with Crippen molar-refractivity contribution in [1.82, 2.24) is 14.3 Å². The van der Waals surface area contributed by atoms with E-state index in [9.17, 15) is 9.59 Å². The fraction of sp³-hybridized carbons (Fsp3) is 0.308. The van der Waals surface area contributed by atoms with Crippen LogP contribution >= 0.6 is 24.0 Å². The summed E-state index contributed by atoms with van der Waals surface area (Å²) >= 11 is 6.66. The lowest BCUT2D eigenvalue weighted by Gasteiger charge is -2.14. The second kappa shape index (κ2) is 11.6. The number of carbonyl (C=O) groups is 1. The van der Waals surface area contributed by atoms with E-state index in [4.69, 9.17) is 21.9 Å². The number of anilines is 1. The molecule has 35 heavy (non-hydrogen) atoms. The molecule has 3 aromatic rings. The Balaban J connectivity index is 1.65. The monoisotopic (exact) mass is 508 g/mol. The van der Waals surface area contributed by atoms with Crippen LogP contribution in [0.4, 0.5) is 5.82 Å². The molecular formula is C26H28N4O3S2. The van der Waals surface area contributed by atoms with Crippen LogP contribution in [0.25, 0.3) is 11.7 Å². The zero-order chi connectivity index (χ0) is 24.8. The van der Waals surface area contributed by atoms with Crippen molar-refractivity contribution in [3.63, 3.8) is 0 Å². The molecule has 1 aliphatic rings. The first kappa shape index (κ1) is 25.1. The van der Waals surface area contributed by atoms with E-state index in [1.165, 1.54) is 21.7 Å². The highest BCUT2D eigenvalue weighted by atomic mass is 32.2. The molecule has 0 atom stereocenters. The highest BCUT2D eigenvalue weighted by molar-refractivity contribution is 8.26. The number of nitrogens with zero attached hydrogens (tertiary/aromatic N) is 3. The largest absolute Gasteiger partial charge is 0.382 e. The number of hydrogen-bond acceptors (Lipinski definition) is 7. The van der Waals surface area contributed by atoms with E-state index in [-0.39, 0.29) is 11.5 Å². The number of amides is 1. The molecule has 1 N–H and O–H groups in total. The lowest BCUT2D eigenvalue weighted by Crippen LogP contribution is -2.29. The lowest BCUT2D eigenvalue weighted by molar-refractivity contribution is -0.122. The molecule has 0 aliphatic carbocycles. The number of rotatable bonds is 10. The van der Waals surface area contributed by atoms with Crippen molar-refractivity contribution < 1.29 is 9.53 Å². The van der Waals surface area contributed by atoms with E-state index in [0.29, 0.717) is 59.0 Å². The summed E-state index contributed by atoms with van der Waals surface area (Å²) in [6, 6.07) is 13.8. The van der Waals surface area contributed by atoms with Crippen LogP contribution in [0.15, 0.2) is 58.4 Å². The van der Waals surface area contributed by atoms with Gasteiger partial charge in [-0.15, -0.1) is 0 Å². The van der Waals surface area contributed by atoms with Gasteiger partial charge in [-0.05, 0) is 50.0 Å². The molecule has 1 saturated heterocycles. The van der Waals surface area contributed by atoms with Gasteiger partial charge in [0, 0.05) is 32.5 Å². The molecular weight excluding hydrogens is 480 g/mol. The summed E-state index contributed by atoms with van der Waals surface area (Å²) in [7, 11) is 0. The number of thiocarbonyl (C=S) groups is 1. The number of aryl methyl sites for hydroxylation is 1. The van der Waals surface area contributed by atoms with Gasteiger partial charge in [0.25, 0.3) is 11.5 Å². The SMILES string of the molecule is CCOCCCN1C(=O)/C(=C\c2c(NCCc3ccccc3)nc3c(C)cccn3c2=O)SC1=S. The molecule has 182 valence electrons. The quantitative estimate of drug-likeness (QED) is 0.249. The van der Waals surface area contributed by atoms with Crippen LogP contribution < -0.4 is 10.9 Å². The van der Waals surface area contributed by atoms with E-state index in [2.05, 4.69) is 17.4 Å². The standard InChI is InChI=1S/C26H28N4O3S2/c1-3-33-16-8-15-30-25(32)21(35-26(30)34)17-20-22(27-13-12-19-10-5-4-6-11-19)28-23-18(2)9-7-14-29(23)24(20)31/h4-7,9-11,14,17,27H,3,8,12-13,15-16H2,1-2H3/b21-17+. The van der Waals surface area contributed by atoms with E-state index in [1.54, 1.807) is 17.2 Å². The molecule has 1 amide bonds. The number of nitrogens with one attached hydrogen (secondary N) is 1. The molecule has 1 aromatic carbocycles. The Morgan fingerprint density at radius 3 is 2.74 bits per heavy atom. The number of fused-ring (bicyclic) bond motifs is 1. The fourth-order valence-corrected chi connectivity index (χ4v) is 5.13. The second-order valence-electron chi connectivity index (χ2n) is 8.11. The lowest BCUT2D eigenvalue weighted by atomic mass is 10.1. The van der Waals surface area contributed by atoms with E-state index >= 15 is 0 Å². The van der Waals surface area contributed by atoms with Gasteiger partial charge >= 0.3 is 0 Å². The number of pyridine rings is 1. The van der Waals surface area contributed by atoms with Crippen LogP contribution in [0.3, 0.4) is 0 Å². The van der Waals surface area contributed by atoms with E-state index < -0.39 is 0 Å². The van der Waals surface area contributed by atoms with Crippen molar-refractivity contribution in [1.29, 1.82) is 0 Å². The molecule has 0 spiro atoms. The van der Waals surface area contributed by atoms with E-state index in [0.717, 1.165) is 12.0 Å². The third-order valence-corrected chi connectivity index (χ3v) is 7.03. The Labute approximate surface area is 214 Å². The highest BCUT2D eigenvalue weighted by Gasteiger charge is 2.32. The van der Waals surface area contributed by atoms with Gasteiger partial charge in [0.1, 0.15) is 15.8 Å². The molecule has 0 unspecified atom stereocenters. The zero-order valence-electron chi connectivity index (χ0n) is 19.8. The summed E-state index contributed by atoms with van der Waals surface area (Å²) < 4.78 is 7.38. The van der Waals surface area contributed by atoms with Crippen LogP contribution in [-0.2, 0) is 16.0 Å². The average Bonchev–Trinajstić information content (AvgIpc) is 3.12. The topological polar surface area (TPSA) is 75.9 Å². The summed E-state index contributed by atoms with van der Waals surface area (Å²) in [5.41, 5.74) is 2.77. The normalized spacial score (nSPS) is 14.9. The van der Waals surface area contributed by atoms with Gasteiger partial charge in [-0.25, -0.2) is 4.98 Å². The number of thioether (sulfide) groups is 1. The number of benzene rings is 1. The van der Waals surface area contributed by atoms with Crippen LogP contribution in [0.5, 0.6) is 0 Å². The second-order valence-corrected chi connectivity index (χ2v) is 9.79. The summed E-state index contributed by atoms with van der Waals surface area (Å²) in [6.45, 7) is 6.14. The van der Waals surface area contributed by atoms with Gasteiger partial charge in [-0.2, -0.15) is 0 Å². The maximum absolute atomic E-state index is 13.5. The predicted octanol–water partition coefficient (Wildman–Crippen LogP) is 4.29. The number of carbonyl (C=O) groups excluding carboxylic acids is 1. The first-order valence-electron chi connectivity index (χ1n) is 11.6. The van der Waals surface area contributed by atoms with Gasteiger partial charge in [0.15, 0.2) is 0 Å². The maximum atomic E-state index is 13.5. The van der Waals surface area contributed by atoms with Gasteiger partial charge < -0.3 is 10.1 Å². The minimum atomic E-state index is -0.234. The van der Waals surface area contributed by atoms with E-state index in [1.807, 2.05) is 44.2 Å². The van der Waals surface area contributed by atoms with Crippen molar-refractivity contribution in [2.45, 2.75) is 26.7 Å². The number of aromatic nitrogens is 2. The Morgan fingerprint density at radius 2 is 1.97 bits per heavy atom. The van der Waals surface area contributed by atoms with Crippen LogP contribution in [0.1, 0.15) is 30.0 Å². The third-order valence-electron chi connectivity index (χ3n) is 5.66. The molecule has 1 fully saturated rings. The number of hydrogen-bond donors (Lipinski definition) is 1. The molecule has 3 heterocycles. The number of ether oxygens (including phenoxy) is 1. The molecule has 0 bridgehead atoms. The van der Waals surface area contributed by atoms with Gasteiger partial charge in [-0.3, -0.25) is 18.9 Å². The molecule has 1 aliphatic heterocycles. The Hall–Kier alpha value is -3.01. The minimum Gasteiger partial charge on any atom is -0.382 e. The predicted molar refractivity (Wildman–Crippen MR) is 146 cm³/mol. The summed E-state index contributed by atoms with van der Waals surface area (Å²) in [5, 5.41) is 3.33. The van der Waals surface area contributed by atoms with Crippen molar-refractivity contribution >= 4 is 51.7 Å². The van der Waals surface area contributed by atoms with Crippen LogP contribution in [-0.4, -0.2) is 50.8 Å². The smallest absolute Gasteiger partial charge is 0.267 e. The van der Waals surface area contributed by atoms with Gasteiger partial charge in [-0.1, -0.05) is 60.4 Å². The summed E-state index contributed by atoms with van der Waals surface area (Å²) in [6.07, 6.45) is 4.79. The van der Waals surface area contributed by atoms with Crippen molar-refractivity contribution in [2.75, 3.05) is 31.6 Å². The molecule has 2 aromatic heterocycles. The Kier molecular flexibility index (Phi) is 8.33. The first-order valence-corrected chi connectivity index (χ1v) is 12.8.